The molecule has 0 spiro atoms. The number of carboxylic acid groups (broad SMARTS) is 1. The Morgan fingerprint density at radius 1 is 1.41 bits per heavy atom. The lowest BCUT2D eigenvalue weighted by atomic mass is 10.0. The summed E-state index contributed by atoms with van der Waals surface area (Å²) in [6, 6.07) is 4.65. The zero-order valence-corrected chi connectivity index (χ0v) is 17.2. The first kappa shape index (κ1) is 21.2. The summed E-state index contributed by atoms with van der Waals surface area (Å²) in [5, 5.41) is 18.4. The topological polar surface area (TPSA) is 96.3 Å². The SMILES string of the molecule is Cc1cc(C(=CCC(C)(C)OC(=O)N2CCC[C@H]2C(=O)O)OO)ccc1Br. The van der Waals surface area contributed by atoms with Crippen molar-refractivity contribution in [1.82, 2.24) is 4.90 Å². The number of rotatable bonds is 6. The Labute approximate surface area is 166 Å². The first-order chi connectivity index (χ1) is 12.6. The summed E-state index contributed by atoms with van der Waals surface area (Å²) in [5.74, 6) is -0.775. The van der Waals surface area contributed by atoms with Gasteiger partial charge >= 0.3 is 12.1 Å². The average Bonchev–Trinajstić information content (AvgIpc) is 3.08. The van der Waals surface area contributed by atoms with Crippen molar-refractivity contribution in [3.05, 3.63) is 39.9 Å². The molecule has 1 atom stereocenters. The lowest BCUT2D eigenvalue weighted by Crippen LogP contribution is -2.43. The van der Waals surface area contributed by atoms with Crippen molar-refractivity contribution in [3.63, 3.8) is 0 Å². The van der Waals surface area contributed by atoms with Crippen LogP contribution in [0.15, 0.2) is 28.7 Å². The molecule has 1 heterocycles. The van der Waals surface area contributed by atoms with Gasteiger partial charge in [-0.05, 0) is 63.5 Å². The molecule has 0 bridgehead atoms. The van der Waals surface area contributed by atoms with Crippen LogP contribution < -0.4 is 0 Å². The molecular weight excluding hydrogens is 418 g/mol. The molecule has 2 N–H and O–H groups in total. The van der Waals surface area contributed by atoms with Crippen LogP contribution in [0.2, 0.25) is 0 Å². The number of likely N-dealkylation sites (tertiary alicyclic amines) is 1. The van der Waals surface area contributed by atoms with Crippen LogP contribution in [0.25, 0.3) is 5.76 Å². The van der Waals surface area contributed by atoms with Gasteiger partial charge in [0.25, 0.3) is 0 Å². The van der Waals surface area contributed by atoms with Crippen molar-refractivity contribution >= 4 is 33.8 Å². The fourth-order valence-electron chi connectivity index (χ4n) is 2.92. The van der Waals surface area contributed by atoms with E-state index < -0.39 is 23.7 Å². The molecule has 0 saturated carbocycles. The third-order valence-electron chi connectivity index (χ3n) is 4.46. The van der Waals surface area contributed by atoms with Crippen LogP contribution in [0.3, 0.4) is 0 Å². The number of ether oxygens (including phenoxy) is 1. The van der Waals surface area contributed by atoms with Gasteiger partial charge in [-0.2, -0.15) is 0 Å². The summed E-state index contributed by atoms with van der Waals surface area (Å²) in [7, 11) is 0. The molecule has 148 valence electrons. The Bertz CT molecular complexity index is 746. The first-order valence-corrected chi connectivity index (χ1v) is 9.44. The smallest absolute Gasteiger partial charge is 0.411 e. The number of hydrogen-bond donors (Lipinski definition) is 2. The van der Waals surface area contributed by atoms with E-state index in [0.29, 0.717) is 24.9 Å². The fourth-order valence-corrected chi connectivity index (χ4v) is 3.17. The van der Waals surface area contributed by atoms with Gasteiger partial charge in [-0.1, -0.05) is 15.9 Å². The van der Waals surface area contributed by atoms with E-state index in [1.54, 1.807) is 26.0 Å². The molecule has 1 amide bonds. The molecule has 1 aromatic rings. The first-order valence-electron chi connectivity index (χ1n) is 8.65. The molecule has 8 heteroatoms. The van der Waals surface area contributed by atoms with E-state index in [-0.39, 0.29) is 12.2 Å². The Kier molecular flexibility index (Phi) is 6.89. The van der Waals surface area contributed by atoms with Gasteiger partial charge < -0.3 is 14.7 Å². The second-order valence-electron chi connectivity index (χ2n) is 7.15. The molecule has 1 fully saturated rings. The molecule has 0 unspecified atom stereocenters. The zero-order chi connectivity index (χ0) is 20.2. The van der Waals surface area contributed by atoms with Crippen molar-refractivity contribution in [3.8, 4) is 0 Å². The van der Waals surface area contributed by atoms with Gasteiger partial charge in [-0.25, -0.2) is 14.8 Å². The van der Waals surface area contributed by atoms with E-state index in [1.807, 2.05) is 19.1 Å². The minimum atomic E-state index is -1.02. The number of carboxylic acids is 1. The van der Waals surface area contributed by atoms with E-state index in [1.165, 1.54) is 4.90 Å². The van der Waals surface area contributed by atoms with E-state index in [0.717, 1.165) is 10.0 Å². The maximum absolute atomic E-state index is 12.4. The Hall–Kier alpha value is -2.06. The minimum Gasteiger partial charge on any atom is -0.480 e. The highest BCUT2D eigenvalue weighted by Gasteiger charge is 2.37. The maximum Gasteiger partial charge on any atom is 0.411 e. The Balaban J connectivity index is 2.07. The summed E-state index contributed by atoms with van der Waals surface area (Å²) in [6.45, 7) is 5.72. The van der Waals surface area contributed by atoms with Crippen LogP contribution in [-0.4, -0.2) is 45.5 Å². The summed E-state index contributed by atoms with van der Waals surface area (Å²) in [4.78, 5) is 29.4. The zero-order valence-electron chi connectivity index (χ0n) is 15.6. The van der Waals surface area contributed by atoms with Crippen LogP contribution in [0.5, 0.6) is 0 Å². The standard InChI is InChI=1S/C19H24BrNO6/c1-12-11-13(6-7-14(12)20)16(27-25)8-9-19(2,3)26-18(24)21-10-4-5-15(21)17(22)23/h6-8,11,15,25H,4-5,9-10H2,1-3H3,(H,22,23)/t15-/m0/s1. The van der Waals surface area contributed by atoms with Gasteiger partial charge in [-0.15, -0.1) is 0 Å². The van der Waals surface area contributed by atoms with Gasteiger partial charge in [-0.3, -0.25) is 4.90 Å². The lowest BCUT2D eigenvalue weighted by molar-refractivity contribution is -0.170. The van der Waals surface area contributed by atoms with E-state index in [9.17, 15) is 20.0 Å². The maximum atomic E-state index is 12.4. The van der Waals surface area contributed by atoms with E-state index in [2.05, 4.69) is 20.8 Å². The van der Waals surface area contributed by atoms with Crippen LogP contribution in [0.1, 0.15) is 44.2 Å². The molecule has 1 saturated heterocycles. The molecule has 0 aromatic heterocycles. The van der Waals surface area contributed by atoms with Crippen LogP contribution in [-0.2, 0) is 14.4 Å². The molecule has 0 radical (unpaired) electrons. The molecule has 0 aliphatic carbocycles. The van der Waals surface area contributed by atoms with E-state index >= 15 is 0 Å². The van der Waals surface area contributed by atoms with E-state index in [4.69, 9.17) is 4.74 Å². The fraction of sp³-hybridized carbons (Fsp3) is 0.474. The molecule has 1 aliphatic rings. The van der Waals surface area contributed by atoms with Crippen LogP contribution in [0.4, 0.5) is 4.79 Å². The second kappa shape index (κ2) is 8.75. The van der Waals surface area contributed by atoms with Crippen molar-refractivity contribution < 1.29 is 29.6 Å². The third kappa shape index (κ3) is 5.46. The normalized spacial score (nSPS) is 17.7. The second-order valence-corrected chi connectivity index (χ2v) is 8.00. The van der Waals surface area contributed by atoms with Gasteiger partial charge in [0.05, 0.1) is 0 Å². The molecule has 1 aromatic carbocycles. The number of amides is 1. The van der Waals surface area contributed by atoms with Crippen molar-refractivity contribution in [2.75, 3.05) is 6.54 Å². The molecule has 7 nitrogen and oxygen atoms in total. The Morgan fingerprint density at radius 2 is 2.11 bits per heavy atom. The number of hydrogen-bond acceptors (Lipinski definition) is 5. The summed E-state index contributed by atoms with van der Waals surface area (Å²) < 4.78 is 6.45. The summed E-state index contributed by atoms with van der Waals surface area (Å²) >= 11 is 3.42. The monoisotopic (exact) mass is 441 g/mol. The van der Waals surface area contributed by atoms with Crippen LogP contribution >= 0.6 is 15.9 Å². The Morgan fingerprint density at radius 3 is 2.70 bits per heavy atom. The van der Waals surface area contributed by atoms with Crippen molar-refractivity contribution in [1.29, 1.82) is 0 Å². The average molecular weight is 442 g/mol. The highest BCUT2D eigenvalue weighted by atomic mass is 79.9. The van der Waals surface area contributed by atoms with Gasteiger partial charge in [0.15, 0.2) is 5.76 Å². The van der Waals surface area contributed by atoms with Gasteiger partial charge in [0.2, 0.25) is 0 Å². The third-order valence-corrected chi connectivity index (χ3v) is 5.35. The summed E-state index contributed by atoms with van der Waals surface area (Å²) in [5.41, 5.74) is 0.761. The highest BCUT2D eigenvalue weighted by Crippen LogP contribution is 2.26. The number of benzene rings is 1. The van der Waals surface area contributed by atoms with Crippen molar-refractivity contribution in [2.45, 2.75) is 51.7 Å². The number of aliphatic carboxylic acids is 1. The number of nitrogens with zero attached hydrogens (tertiary/aromatic N) is 1. The number of carbonyl (C=O) groups is 2. The molecule has 2 rings (SSSR count). The lowest BCUT2D eigenvalue weighted by Gasteiger charge is -2.29. The largest absolute Gasteiger partial charge is 0.480 e. The predicted octanol–water partition coefficient (Wildman–Crippen LogP) is 4.44. The van der Waals surface area contributed by atoms with Crippen molar-refractivity contribution in [2.24, 2.45) is 0 Å². The summed E-state index contributed by atoms with van der Waals surface area (Å²) in [6.07, 6.45) is 2.32. The highest BCUT2D eigenvalue weighted by molar-refractivity contribution is 9.10. The number of carbonyl (C=O) groups excluding carboxylic acids is 1. The minimum absolute atomic E-state index is 0.249. The number of halogens is 1. The molecular formula is C19H24BrNO6. The molecule has 27 heavy (non-hydrogen) atoms. The molecule has 1 aliphatic heterocycles. The predicted molar refractivity (Wildman–Crippen MR) is 103 cm³/mol. The van der Waals surface area contributed by atoms with Gasteiger partial charge in [0.1, 0.15) is 11.6 Å². The van der Waals surface area contributed by atoms with Gasteiger partial charge in [0, 0.05) is 23.0 Å². The van der Waals surface area contributed by atoms with Crippen LogP contribution in [0, 0.1) is 6.92 Å². The quantitative estimate of drug-likeness (QED) is 0.384. The number of aryl methyl sites for hydroxylation is 1.